The van der Waals surface area contributed by atoms with Crippen molar-refractivity contribution in [2.45, 2.75) is 13.3 Å². The second-order valence-corrected chi connectivity index (χ2v) is 11.5. The van der Waals surface area contributed by atoms with Crippen molar-refractivity contribution >= 4 is 40.1 Å². The van der Waals surface area contributed by atoms with E-state index in [1.807, 2.05) is 60.4 Å². The van der Waals surface area contributed by atoms with Gasteiger partial charge in [0.1, 0.15) is 11.5 Å². The number of carbonyl (C=O) groups excluding carboxylic acids is 1. The van der Waals surface area contributed by atoms with Crippen molar-refractivity contribution in [1.82, 2.24) is 0 Å². The third-order valence-corrected chi connectivity index (χ3v) is 9.94. The number of rotatable bonds is 9. The molecule has 0 unspecified atom stereocenters. The van der Waals surface area contributed by atoms with Gasteiger partial charge in [-0.1, -0.05) is 97.9 Å². The van der Waals surface area contributed by atoms with Crippen LogP contribution >= 0.6 is 6.89 Å². The maximum Gasteiger partial charge on any atom is 0.186 e. The predicted molar refractivity (Wildman–Crippen MR) is 154 cm³/mol. The molecule has 0 aromatic heterocycles. The minimum absolute atomic E-state index is 0.0644. The Morgan fingerprint density at radius 3 is 1.65 bits per heavy atom. The summed E-state index contributed by atoms with van der Waals surface area (Å²) >= 11 is 0. The fourth-order valence-corrected chi connectivity index (χ4v) is 7.84. The van der Waals surface area contributed by atoms with Crippen LogP contribution in [0.3, 0.4) is 0 Å². The lowest BCUT2D eigenvalue weighted by Crippen LogP contribution is -2.27. The maximum atomic E-state index is 13.0. The van der Waals surface area contributed by atoms with Gasteiger partial charge < -0.3 is 9.84 Å². The van der Waals surface area contributed by atoms with Gasteiger partial charge in [-0.2, -0.15) is 5.11 Å². The Morgan fingerprint density at radius 1 is 0.784 bits per heavy atom. The highest BCUT2D eigenvalue weighted by Gasteiger charge is 2.27. The first-order chi connectivity index (χ1) is 18.1. The van der Waals surface area contributed by atoms with Crippen LogP contribution in [0.15, 0.2) is 137 Å². The molecule has 37 heavy (non-hydrogen) atoms. The number of Topliss-reactive ketones (excluding diaryl/α,β-unsaturated/α-hetero) is 1. The van der Waals surface area contributed by atoms with Crippen LogP contribution in [-0.2, 0) is 4.79 Å². The summed E-state index contributed by atoms with van der Waals surface area (Å²) < 4.78 is 5.19. The molecule has 0 heterocycles. The summed E-state index contributed by atoms with van der Waals surface area (Å²) in [5.74, 6) is 2.04. The van der Waals surface area contributed by atoms with E-state index >= 15 is 0 Å². The Balaban J connectivity index is 2.00. The first kappa shape index (κ1) is 25.9. The van der Waals surface area contributed by atoms with Crippen molar-refractivity contribution in [2.75, 3.05) is 7.11 Å². The van der Waals surface area contributed by atoms with Gasteiger partial charge >= 0.3 is 0 Å². The van der Waals surface area contributed by atoms with Crippen LogP contribution in [0.1, 0.15) is 13.3 Å². The molecule has 0 radical (unpaired) electrons. The average Bonchev–Trinajstić information content (AvgIpc) is 2.97. The molecule has 0 saturated carbocycles. The smallest absolute Gasteiger partial charge is 0.186 e. The second kappa shape index (κ2) is 12.2. The van der Waals surface area contributed by atoms with E-state index in [1.54, 1.807) is 38.3 Å². The summed E-state index contributed by atoms with van der Waals surface area (Å²) in [7, 11) is 1.59. The highest BCUT2D eigenvalue weighted by molar-refractivity contribution is 7.94. The van der Waals surface area contributed by atoms with Crippen LogP contribution in [0.5, 0.6) is 5.75 Å². The van der Waals surface area contributed by atoms with Gasteiger partial charge in [0.2, 0.25) is 0 Å². The number of aliphatic hydroxyl groups is 1. The lowest BCUT2D eigenvalue weighted by Gasteiger charge is -2.28. The molecular weight excluding hydrogens is 479 g/mol. The van der Waals surface area contributed by atoms with Crippen LogP contribution in [-0.4, -0.2) is 23.8 Å². The molecule has 5 nitrogen and oxygen atoms in total. The number of hydrogen-bond donors (Lipinski definition) is 1. The molecule has 0 saturated heterocycles. The van der Waals surface area contributed by atoms with E-state index in [4.69, 9.17) is 4.74 Å². The summed E-state index contributed by atoms with van der Waals surface area (Å²) in [6, 6.07) is 37.3. The number of hydrogen-bond acceptors (Lipinski definition) is 5. The molecule has 0 amide bonds. The second-order valence-electron chi connectivity index (χ2n) is 8.27. The Kier molecular flexibility index (Phi) is 8.50. The highest BCUT2D eigenvalue weighted by Crippen LogP contribution is 2.44. The van der Waals surface area contributed by atoms with Gasteiger partial charge in [0, 0.05) is 6.42 Å². The van der Waals surface area contributed by atoms with E-state index < -0.39 is 6.89 Å². The third-order valence-electron chi connectivity index (χ3n) is 5.97. The zero-order valence-corrected chi connectivity index (χ0v) is 21.8. The highest BCUT2D eigenvalue weighted by atomic mass is 31.2. The van der Waals surface area contributed by atoms with Crippen LogP contribution in [0.25, 0.3) is 0 Å². The molecule has 1 N–H and O–H groups in total. The minimum Gasteiger partial charge on any atom is -0.505 e. The molecule has 0 fully saturated rings. The number of methoxy groups -OCH3 is 1. The molecule has 0 atom stereocenters. The molecule has 4 aromatic carbocycles. The van der Waals surface area contributed by atoms with Gasteiger partial charge in [-0.05, 0) is 52.9 Å². The van der Waals surface area contributed by atoms with Crippen LogP contribution in [0.4, 0.5) is 5.69 Å². The lowest BCUT2D eigenvalue weighted by molar-refractivity contribution is -0.115. The molecule has 0 bridgehead atoms. The number of ketones is 1. The van der Waals surface area contributed by atoms with Crippen LogP contribution < -0.4 is 20.7 Å². The molecule has 6 heteroatoms. The first-order valence-electron chi connectivity index (χ1n) is 12.0. The number of allylic oxidation sites excluding steroid dienone is 2. The van der Waals surface area contributed by atoms with Gasteiger partial charge in [-0.3, -0.25) is 4.79 Å². The van der Waals surface area contributed by atoms with Gasteiger partial charge in [0.15, 0.2) is 11.5 Å². The van der Waals surface area contributed by atoms with E-state index in [1.165, 1.54) is 0 Å². The van der Waals surface area contributed by atoms with Crippen molar-refractivity contribution in [1.29, 1.82) is 0 Å². The van der Waals surface area contributed by atoms with Crippen molar-refractivity contribution in [3.05, 3.63) is 127 Å². The van der Waals surface area contributed by atoms with Gasteiger partial charge in [-0.25, -0.2) is 0 Å². The molecule has 0 aliphatic rings. The minimum atomic E-state index is -2.52. The summed E-state index contributed by atoms with van der Waals surface area (Å²) in [5, 5.41) is 23.2. The summed E-state index contributed by atoms with van der Waals surface area (Å²) in [6.45, 7) is -0.781. The molecule has 4 rings (SSSR count). The first-order valence-corrected chi connectivity index (χ1v) is 13.9. The summed E-state index contributed by atoms with van der Waals surface area (Å²) in [6.07, 6.45) is 0.183. The quantitative estimate of drug-likeness (QED) is 0.124. The molecule has 0 aliphatic heterocycles. The number of aliphatic hydroxyl groups excluding tert-OH is 1. The predicted octanol–water partition coefficient (Wildman–Crippen LogP) is 6.32. The van der Waals surface area contributed by atoms with Gasteiger partial charge in [-0.15, -0.1) is 5.11 Å². The summed E-state index contributed by atoms with van der Waals surface area (Å²) in [4.78, 5) is 13.0. The molecule has 186 valence electrons. The Labute approximate surface area is 217 Å². The van der Waals surface area contributed by atoms with E-state index in [0.29, 0.717) is 11.4 Å². The fourth-order valence-electron chi connectivity index (χ4n) is 4.08. The Morgan fingerprint density at radius 2 is 1.24 bits per heavy atom. The Bertz CT molecular complexity index is 1340. The molecule has 0 aliphatic carbocycles. The van der Waals surface area contributed by atoms with Crippen molar-refractivity contribution in [2.24, 2.45) is 10.2 Å². The maximum absolute atomic E-state index is 13.0. The normalized spacial score (nSPS) is 12.2. The van der Waals surface area contributed by atoms with Gasteiger partial charge in [0.05, 0.1) is 12.8 Å². The van der Waals surface area contributed by atoms with E-state index in [-0.39, 0.29) is 23.7 Å². The zero-order valence-electron chi connectivity index (χ0n) is 20.9. The monoisotopic (exact) mass is 508 g/mol. The van der Waals surface area contributed by atoms with E-state index in [0.717, 1.165) is 15.9 Å². The van der Waals surface area contributed by atoms with Crippen molar-refractivity contribution in [3.63, 3.8) is 0 Å². The average molecular weight is 509 g/mol. The van der Waals surface area contributed by atoms with Crippen molar-refractivity contribution in [3.8, 4) is 5.75 Å². The number of azo groups is 1. The largest absolute Gasteiger partial charge is 0.505 e. The van der Waals surface area contributed by atoms with Gasteiger partial charge in [0.25, 0.3) is 0 Å². The Hall–Kier alpha value is -4.21. The van der Waals surface area contributed by atoms with Crippen LogP contribution in [0.2, 0.25) is 0 Å². The van der Waals surface area contributed by atoms with Crippen LogP contribution in [0, 0.1) is 0 Å². The molecule has 4 aromatic rings. The number of benzene rings is 4. The number of carbonyl (C=O) groups is 1. The van der Waals surface area contributed by atoms with E-state index in [9.17, 15) is 9.90 Å². The number of ether oxygens (including phenoxy) is 1. The van der Waals surface area contributed by atoms with E-state index in [2.05, 4.69) is 46.6 Å². The zero-order chi connectivity index (χ0) is 26.1. The molecule has 0 spiro atoms. The number of nitrogens with zero attached hydrogens (tertiary/aromatic N) is 2. The third kappa shape index (κ3) is 5.79. The SMILES string of the molecule is CCC(=O)/C(N=Nc1ccc(OC)cc1)=C(/O)C=P(c1ccccc1)(c1ccccc1)c1ccccc1. The molecular formula is C31H29N2O3P. The standard InChI is InChI=1S/C31H29N2O3P/c1-3-29(34)31(33-32-24-19-21-25(36-2)22-20-24)30(35)23-37(26-13-7-4-8-14-26,27-15-9-5-10-16-27)28-17-11-6-12-18-28/h4-23,35H,3H2,1-2H3/b31-30-,33-32?. The fraction of sp³-hybridized carbons (Fsp3) is 0.0968. The topological polar surface area (TPSA) is 71.2 Å². The lowest BCUT2D eigenvalue weighted by atomic mass is 10.2. The van der Waals surface area contributed by atoms with Crippen molar-refractivity contribution < 1.29 is 14.6 Å². The summed E-state index contributed by atoms with van der Waals surface area (Å²) in [5.41, 5.74) is 0.482.